The molecule has 5 heteroatoms. The van der Waals surface area contributed by atoms with Gasteiger partial charge in [0, 0.05) is 5.22 Å². The number of hydrogen-bond donors (Lipinski definition) is 0. The monoisotopic (exact) mass is 888 g/mol. The SMILES string of the molecule is c1ccc(-c2ccc3c(c2-c2ccccc2-c2c(-c4cccc5[se]c6ccccc6c45)ccc4c2-c2c5c(ccc2=N4)=c2ccccc2=N5)-c2c4c(ccc2=N3)=c2ccccc2=N4)cc1. The van der Waals surface area contributed by atoms with Gasteiger partial charge in [-0.15, -0.1) is 0 Å². The van der Waals surface area contributed by atoms with Crippen LogP contribution in [0.15, 0.2) is 214 Å². The van der Waals surface area contributed by atoms with Crippen LogP contribution in [0.2, 0.25) is 0 Å². The van der Waals surface area contributed by atoms with Crippen molar-refractivity contribution in [2.75, 3.05) is 0 Å². The van der Waals surface area contributed by atoms with Gasteiger partial charge in [-0.05, 0) is 12.1 Å². The molecule has 0 unspecified atom stereocenters. The predicted molar refractivity (Wildman–Crippen MR) is 263 cm³/mol. The van der Waals surface area contributed by atoms with Crippen LogP contribution in [0.25, 0.3) is 86.1 Å². The van der Waals surface area contributed by atoms with Gasteiger partial charge in [0.25, 0.3) is 0 Å². The van der Waals surface area contributed by atoms with E-state index in [-0.39, 0.29) is 14.5 Å². The first-order valence-corrected chi connectivity index (χ1v) is 23.8. The Morgan fingerprint density at radius 1 is 0.277 bits per heavy atom. The average molecular weight is 888 g/mol. The van der Waals surface area contributed by atoms with Gasteiger partial charge in [-0.1, -0.05) is 24.3 Å². The molecule has 65 heavy (non-hydrogen) atoms. The Kier molecular flexibility index (Phi) is 7.20. The predicted octanol–water partition coefficient (Wildman–Crippen LogP) is 12.7. The molecule has 0 aliphatic carbocycles. The van der Waals surface area contributed by atoms with Crippen LogP contribution < -0.4 is 21.4 Å². The maximum absolute atomic E-state index is 5.41. The molecule has 0 bridgehead atoms. The van der Waals surface area contributed by atoms with E-state index in [1.165, 1.54) is 30.4 Å². The molecule has 5 heterocycles. The van der Waals surface area contributed by atoms with Crippen molar-refractivity contribution >= 4 is 56.5 Å². The van der Waals surface area contributed by atoms with Crippen LogP contribution in [0.3, 0.4) is 0 Å². The summed E-state index contributed by atoms with van der Waals surface area (Å²) in [4.78, 5) is 21.5. The molecule has 15 rings (SSSR count). The number of rotatable bonds is 4. The van der Waals surface area contributed by atoms with Crippen molar-refractivity contribution in [2.45, 2.75) is 0 Å². The summed E-state index contributed by atoms with van der Waals surface area (Å²) < 4.78 is 2.84. The molecular weight excluding hydrogens is 856 g/mol. The number of benzene rings is 10. The van der Waals surface area contributed by atoms with Gasteiger partial charge in [0.15, 0.2) is 0 Å². The van der Waals surface area contributed by atoms with E-state index in [9.17, 15) is 0 Å². The van der Waals surface area contributed by atoms with Crippen LogP contribution in [-0.4, -0.2) is 14.5 Å². The zero-order valence-electron chi connectivity index (χ0n) is 34.7. The van der Waals surface area contributed by atoms with E-state index in [0.29, 0.717) is 0 Å². The van der Waals surface area contributed by atoms with E-state index in [4.69, 9.17) is 20.0 Å². The molecule has 0 amide bonds. The Bertz CT molecular complexity index is 4480. The van der Waals surface area contributed by atoms with Crippen LogP contribution in [0.5, 0.6) is 0 Å². The van der Waals surface area contributed by atoms with E-state index < -0.39 is 0 Å². The fourth-order valence-corrected chi connectivity index (χ4v) is 13.4. The van der Waals surface area contributed by atoms with E-state index in [1.54, 1.807) is 0 Å². The van der Waals surface area contributed by atoms with E-state index in [0.717, 1.165) is 121 Å². The number of nitrogens with zero attached hydrogens (tertiary/aromatic N) is 4. The van der Waals surface area contributed by atoms with Crippen LogP contribution in [0.1, 0.15) is 0 Å². The number of hydrogen-bond acceptors (Lipinski definition) is 4. The molecule has 4 nitrogen and oxygen atoms in total. The quantitative estimate of drug-likeness (QED) is 0.158. The maximum atomic E-state index is 5.41. The van der Waals surface area contributed by atoms with Crippen LogP contribution in [0, 0.1) is 20.9 Å². The molecule has 0 spiro atoms. The summed E-state index contributed by atoms with van der Waals surface area (Å²) in [6.07, 6.45) is 0. The van der Waals surface area contributed by atoms with Gasteiger partial charge in [0.1, 0.15) is 0 Å². The standard InChI is InChI=1S/C60H32N4Se/c1-2-13-33(14-3-1)34-25-29-46-55(57-48(61-46)31-27-41-35-15-6-9-21-44(35)63-59(41)57)53(34)38-17-4-5-18-39(38)54-40(37-20-12-24-51-52(37)43-19-8-11-23-50(43)65-51)26-30-47-56(54)58-49(62-47)32-28-42-36-16-7-10-22-45(36)64-60(42)58/h1-32H. The fourth-order valence-electron chi connectivity index (χ4n) is 11.0. The van der Waals surface area contributed by atoms with Crippen molar-refractivity contribution in [3.63, 3.8) is 0 Å². The van der Waals surface area contributed by atoms with E-state index >= 15 is 0 Å². The summed E-state index contributed by atoms with van der Waals surface area (Å²) >= 11 is 0.210. The number of fused-ring (bicyclic) bond motifs is 15. The third kappa shape index (κ3) is 4.91. The normalized spacial score (nSPS) is 12.8. The first kappa shape index (κ1) is 35.4. The van der Waals surface area contributed by atoms with E-state index in [2.05, 4.69) is 194 Å². The molecule has 11 aromatic rings. The Hall–Kier alpha value is -8.08. The van der Waals surface area contributed by atoms with Gasteiger partial charge in [-0.3, -0.25) is 0 Å². The van der Waals surface area contributed by atoms with Crippen molar-refractivity contribution in [2.24, 2.45) is 20.0 Å². The Labute approximate surface area is 377 Å². The van der Waals surface area contributed by atoms with Crippen molar-refractivity contribution < 1.29 is 0 Å². The fraction of sp³-hybridized carbons (Fsp3) is 0. The topological polar surface area (TPSA) is 49.4 Å². The van der Waals surface area contributed by atoms with Gasteiger partial charge in [-0.2, -0.15) is 0 Å². The van der Waals surface area contributed by atoms with Crippen LogP contribution in [-0.2, 0) is 0 Å². The first-order valence-electron chi connectivity index (χ1n) is 22.1. The molecule has 0 saturated heterocycles. The van der Waals surface area contributed by atoms with Crippen LogP contribution >= 0.6 is 0 Å². The van der Waals surface area contributed by atoms with Gasteiger partial charge in [0.05, 0.1) is 5.36 Å². The second-order valence-corrected chi connectivity index (χ2v) is 19.4. The molecule has 4 aliphatic heterocycles. The molecule has 0 radical (unpaired) electrons. The van der Waals surface area contributed by atoms with Crippen molar-refractivity contribution in [1.82, 2.24) is 0 Å². The van der Waals surface area contributed by atoms with Gasteiger partial charge >= 0.3 is 333 Å². The average Bonchev–Trinajstić information content (AvgIpc) is 4.19. The molecule has 0 saturated carbocycles. The summed E-state index contributed by atoms with van der Waals surface area (Å²) in [5.74, 6) is 0. The second-order valence-electron chi connectivity index (χ2n) is 17.1. The Morgan fingerprint density at radius 3 is 1.46 bits per heavy atom. The molecule has 0 N–H and O–H groups in total. The Morgan fingerprint density at radius 2 is 0.800 bits per heavy atom. The van der Waals surface area contributed by atoms with Crippen molar-refractivity contribution in [1.29, 1.82) is 0 Å². The second kappa shape index (κ2) is 13.2. The van der Waals surface area contributed by atoms with Crippen molar-refractivity contribution in [3.05, 3.63) is 236 Å². The van der Waals surface area contributed by atoms with Gasteiger partial charge < -0.3 is 0 Å². The minimum absolute atomic E-state index is 0.210. The summed E-state index contributed by atoms with van der Waals surface area (Å²) in [6.45, 7) is 0. The molecule has 1 aromatic heterocycles. The summed E-state index contributed by atoms with van der Waals surface area (Å²) in [6, 6.07) is 70.6. The first-order chi connectivity index (χ1) is 32.2. The zero-order valence-corrected chi connectivity index (χ0v) is 36.4. The third-order valence-corrected chi connectivity index (χ3v) is 16.1. The van der Waals surface area contributed by atoms with Gasteiger partial charge in [-0.25, -0.2) is 0 Å². The van der Waals surface area contributed by atoms with Crippen LogP contribution in [0.4, 0.5) is 22.7 Å². The Balaban J connectivity index is 1.10. The minimum atomic E-state index is 0.210. The summed E-state index contributed by atoms with van der Waals surface area (Å²) in [7, 11) is 0. The molecular formula is C60H32N4Se. The van der Waals surface area contributed by atoms with Crippen molar-refractivity contribution in [3.8, 4) is 66.8 Å². The summed E-state index contributed by atoms with van der Waals surface area (Å²) in [5, 5.41) is 11.2. The molecule has 10 aromatic carbocycles. The molecule has 298 valence electrons. The third-order valence-electron chi connectivity index (χ3n) is 13.8. The number of para-hydroxylation sites is 2. The molecule has 0 fully saturated rings. The molecule has 4 aliphatic rings. The van der Waals surface area contributed by atoms with Gasteiger partial charge in [0.2, 0.25) is 0 Å². The zero-order chi connectivity index (χ0) is 42.3. The molecule has 0 atom stereocenters. The van der Waals surface area contributed by atoms with E-state index in [1.807, 2.05) is 0 Å². The summed E-state index contributed by atoms with van der Waals surface area (Å²) in [5.41, 5.74) is 17.6.